The summed E-state index contributed by atoms with van der Waals surface area (Å²) < 4.78 is 11.1. The Kier molecular flexibility index (Phi) is 4.78. The van der Waals surface area contributed by atoms with Crippen molar-refractivity contribution in [3.63, 3.8) is 0 Å². The third kappa shape index (κ3) is 3.62. The Morgan fingerprint density at radius 2 is 2.17 bits per heavy atom. The lowest BCUT2D eigenvalue weighted by Gasteiger charge is -2.18. The molecule has 0 aliphatic carbocycles. The van der Waals surface area contributed by atoms with E-state index in [1.54, 1.807) is 5.38 Å². The molecule has 1 amide bonds. The second-order valence-corrected chi connectivity index (χ2v) is 6.31. The molecule has 0 saturated heterocycles. The minimum Gasteiger partial charge on any atom is -0.486 e. The highest BCUT2D eigenvalue weighted by Crippen LogP contribution is 2.35. The number of rotatable bonds is 5. The van der Waals surface area contributed by atoms with E-state index in [0.717, 1.165) is 16.3 Å². The van der Waals surface area contributed by atoms with Crippen LogP contribution in [0.5, 0.6) is 11.5 Å². The van der Waals surface area contributed by atoms with E-state index >= 15 is 0 Å². The molecule has 122 valence electrons. The lowest BCUT2D eigenvalue weighted by molar-refractivity contribution is 0.0944. The Morgan fingerprint density at radius 1 is 1.39 bits per heavy atom. The number of carbonyl (C=O) groups excluding carboxylic acids is 1. The first-order valence-electron chi connectivity index (χ1n) is 7.51. The van der Waals surface area contributed by atoms with Crippen molar-refractivity contribution >= 4 is 17.2 Å². The molecule has 2 aromatic rings. The van der Waals surface area contributed by atoms with Crippen LogP contribution in [0.15, 0.2) is 23.6 Å². The number of benzene rings is 1. The predicted octanol–water partition coefficient (Wildman–Crippen LogP) is 1.91. The van der Waals surface area contributed by atoms with Gasteiger partial charge in [-0.3, -0.25) is 4.79 Å². The number of hydrogen-bond acceptors (Lipinski definition) is 6. The number of ether oxygens (including phenoxy) is 2. The molecule has 0 fully saturated rings. The molecule has 1 aromatic heterocycles. The smallest absolute Gasteiger partial charge is 0.270 e. The molecule has 3 rings (SSSR count). The number of amides is 1. The van der Waals surface area contributed by atoms with Gasteiger partial charge in [-0.2, -0.15) is 0 Å². The number of aromatic nitrogens is 1. The van der Waals surface area contributed by atoms with Gasteiger partial charge in [0.05, 0.1) is 0 Å². The van der Waals surface area contributed by atoms with Gasteiger partial charge in [0.1, 0.15) is 23.9 Å². The maximum atomic E-state index is 12.1. The zero-order chi connectivity index (χ0) is 16.2. The van der Waals surface area contributed by atoms with E-state index in [-0.39, 0.29) is 11.8 Å². The summed E-state index contributed by atoms with van der Waals surface area (Å²) in [6, 6.07) is 5.68. The number of nitrogens with zero attached hydrogens (tertiary/aromatic N) is 1. The van der Waals surface area contributed by atoms with Crippen LogP contribution in [-0.2, 0) is 0 Å². The fraction of sp³-hybridized carbons (Fsp3) is 0.375. The summed E-state index contributed by atoms with van der Waals surface area (Å²) in [5, 5.41) is 5.38. The summed E-state index contributed by atoms with van der Waals surface area (Å²) >= 11 is 1.43. The van der Waals surface area contributed by atoms with Crippen LogP contribution in [-0.4, -0.2) is 37.2 Å². The van der Waals surface area contributed by atoms with Crippen LogP contribution >= 0.6 is 11.3 Å². The normalized spacial score (nSPS) is 14.3. The van der Waals surface area contributed by atoms with Crippen molar-refractivity contribution in [2.24, 2.45) is 11.7 Å². The van der Waals surface area contributed by atoms with E-state index in [9.17, 15) is 4.79 Å². The molecular formula is C16H19N3O3S. The van der Waals surface area contributed by atoms with Gasteiger partial charge < -0.3 is 20.5 Å². The van der Waals surface area contributed by atoms with Gasteiger partial charge in [-0.25, -0.2) is 4.98 Å². The lowest BCUT2D eigenvalue weighted by atomic mass is 10.2. The molecule has 6 nitrogen and oxygen atoms in total. The van der Waals surface area contributed by atoms with Crippen molar-refractivity contribution in [3.05, 3.63) is 29.3 Å². The lowest BCUT2D eigenvalue weighted by Crippen LogP contribution is -2.31. The van der Waals surface area contributed by atoms with Gasteiger partial charge in [-0.15, -0.1) is 11.3 Å². The second-order valence-electron chi connectivity index (χ2n) is 5.45. The Bertz CT molecular complexity index is 702. The van der Waals surface area contributed by atoms with Gasteiger partial charge in [-0.05, 0) is 30.7 Å². The standard InChI is InChI=1S/C16H19N3O3S/c1-10(7-17)8-18-15(20)12-9-23-16(19-12)11-2-3-13-14(6-11)22-5-4-21-13/h2-3,6,9-10H,4-5,7-8,17H2,1H3,(H,18,20). The number of thiazole rings is 1. The molecule has 3 N–H and O–H groups in total. The van der Waals surface area contributed by atoms with Crippen molar-refractivity contribution in [2.75, 3.05) is 26.3 Å². The van der Waals surface area contributed by atoms with Crippen LogP contribution in [0.3, 0.4) is 0 Å². The van der Waals surface area contributed by atoms with Crippen molar-refractivity contribution in [2.45, 2.75) is 6.92 Å². The van der Waals surface area contributed by atoms with Gasteiger partial charge in [0.2, 0.25) is 0 Å². The summed E-state index contributed by atoms with van der Waals surface area (Å²) in [7, 11) is 0. The zero-order valence-corrected chi connectivity index (χ0v) is 13.7. The average molecular weight is 333 g/mol. The monoisotopic (exact) mass is 333 g/mol. The number of nitrogens with one attached hydrogen (secondary N) is 1. The molecule has 2 heterocycles. The summed E-state index contributed by atoms with van der Waals surface area (Å²) in [5.41, 5.74) is 6.88. The van der Waals surface area contributed by atoms with Gasteiger partial charge in [0.25, 0.3) is 5.91 Å². The highest BCUT2D eigenvalue weighted by molar-refractivity contribution is 7.13. The first-order chi connectivity index (χ1) is 11.2. The topological polar surface area (TPSA) is 86.5 Å². The molecule has 0 bridgehead atoms. The minimum absolute atomic E-state index is 0.176. The molecule has 1 aromatic carbocycles. The molecule has 1 unspecified atom stereocenters. The van der Waals surface area contributed by atoms with Gasteiger partial charge in [0, 0.05) is 17.5 Å². The highest BCUT2D eigenvalue weighted by atomic mass is 32.1. The quantitative estimate of drug-likeness (QED) is 0.873. The van der Waals surface area contributed by atoms with Crippen molar-refractivity contribution in [1.82, 2.24) is 10.3 Å². The van der Waals surface area contributed by atoms with Crippen LogP contribution in [0, 0.1) is 5.92 Å². The van der Waals surface area contributed by atoms with E-state index in [1.165, 1.54) is 11.3 Å². The van der Waals surface area contributed by atoms with Crippen molar-refractivity contribution < 1.29 is 14.3 Å². The third-order valence-electron chi connectivity index (χ3n) is 3.54. The van der Waals surface area contributed by atoms with E-state index in [2.05, 4.69) is 10.3 Å². The van der Waals surface area contributed by atoms with Crippen LogP contribution in [0.1, 0.15) is 17.4 Å². The minimum atomic E-state index is -0.176. The first kappa shape index (κ1) is 15.8. The number of nitrogens with two attached hydrogens (primary N) is 1. The summed E-state index contributed by atoms with van der Waals surface area (Å²) in [6.45, 7) is 4.18. The van der Waals surface area contributed by atoms with Crippen LogP contribution in [0.25, 0.3) is 10.6 Å². The van der Waals surface area contributed by atoms with Crippen molar-refractivity contribution in [3.8, 4) is 22.1 Å². The Hall–Kier alpha value is -2.12. The Balaban J connectivity index is 1.73. The fourth-order valence-electron chi connectivity index (χ4n) is 2.13. The maximum Gasteiger partial charge on any atom is 0.270 e. The highest BCUT2D eigenvalue weighted by Gasteiger charge is 2.16. The molecule has 23 heavy (non-hydrogen) atoms. The van der Waals surface area contributed by atoms with E-state index in [0.29, 0.717) is 37.7 Å². The van der Waals surface area contributed by atoms with E-state index < -0.39 is 0 Å². The third-order valence-corrected chi connectivity index (χ3v) is 4.43. The molecule has 1 atom stereocenters. The molecule has 1 aliphatic heterocycles. The van der Waals surface area contributed by atoms with Crippen LogP contribution in [0.4, 0.5) is 0 Å². The SMILES string of the molecule is CC(CN)CNC(=O)c1csc(-c2ccc3c(c2)OCCO3)n1. The van der Waals surface area contributed by atoms with E-state index in [4.69, 9.17) is 15.2 Å². The number of carbonyl (C=O) groups is 1. The largest absolute Gasteiger partial charge is 0.486 e. The summed E-state index contributed by atoms with van der Waals surface area (Å²) in [5.74, 6) is 1.53. The van der Waals surface area contributed by atoms with Crippen LogP contribution < -0.4 is 20.5 Å². The number of hydrogen-bond donors (Lipinski definition) is 2. The maximum absolute atomic E-state index is 12.1. The molecule has 0 spiro atoms. The second kappa shape index (κ2) is 6.97. The molecular weight excluding hydrogens is 314 g/mol. The van der Waals surface area contributed by atoms with Crippen molar-refractivity contribution in [1.29, 1.82) is 0 Å². The van der Waals surface area contributed by atoms with Gasteiger partial charge in [-0.1, -0.05) is 6.92 Å². The first-order valence-corrected chi connectivity index (χ1v) is 8.39. The molecule has 1 aliphatic rings. The Labute approximate surface area is 138 Å². The molecule has 7 heteroatoms. The van der Waals surface area contributed by atoms with Gasteiger partial charge in [0.15, 0.2) is 11.5 Å². The summed E-state index contributed by atoms with van der Waals surface area (Å²) in [6.07, 6.45) is 0. The van der Waals surface area contributed by atoms with Crippen LogP contribution in [0.2, 0.25) is 0 Å². The molecule has 0 radical (unpaired) electrons. The zero-order valence-electron chi connectivity index (χ0n) is 12.9. The average Bonchev–Trinajstić information content (AvgIpc) is 3.09. The predicted molar refractivity (Wildman–Crippen MR) is 89.1 cm³/mol. The summed E-state index contributed by atoms with van der Waals surface area (Å²) in [4.78, 5) is 16.5. The fourth-order valence-corrected chi connectivity index (χ4v) is 2.92. The van der Waals surface area contributed by atoms with Gasteiger partial charge >= 0.3 is 0 Å². The Morgan fingerprint density at radius 3 is 2.96 bits per heavy atom. The molecule has 0 saturated carbocycles. The number of fused-ring (bicyclic) bond motifs is 1. The van der Waals surface area contributed by atoms with E-state index in [1.807, 2.05) is 25.1 Å².